The fourth-order valence-corrected chi connectivity index (χ4v) is 3.72. The molecule has 0 spiro atoms. The highest BCUT2D eigenvalue weighted by atomic mass is 35.5. The number of nitrogens with one attached hydrogen (secondary N) is 3. The van der Waals surface area contributed by atoms with E-state index in [4.69, 9.17) is 11.6 Å². The molecule has 3 N–H and O–H groups in total. The summed E-state index contributed by atoms with van der Waals surface area (Å²) in [5.74, 6) is -1.52. The quantitative estimate of drug-likeness (QED) is 0.623. The van der Waals surface area contributed by atoms with Crippen LogP contribution in [0.3, 0.4) is 0 Å². The van der Waals surface area contributed by atoms with Gasteiger partial charge in [0.2, 0.25) is 0 Å². The lowest BCUT2D eigenvalue weighted by Crippen LogP contribution is -2.23. The third-order valence-corrected chi connectivity index (χ3v) is 5.09. The maximum absolute atomic E-state index is 12.4. The molecule has 3 rings (SSSR count). The molecule has 0 saturated carbocycles. The number of hydrogen-bond donors (Lipinski definition) is 3. The standard InChI is InChI=1S/C14H10ClN3O5S/c15-9-3-1-7(13(19)20)5-12(9)24(22,23)18-8-2-4-10-11(6-8)17-14(21)16-10/h1-6,18H,(H,19,20)(H2,16,17,21)/p-1. The number of carboxylic acid groups (broad SMARTS) is 1. The van der Waals surface area contributed by atoms with Crippen molar-refractivity contribution < 1.29 is 18.3 Å². The lowest BCUT2D eigenvalue weighted by molar-refractivity contribution is -0.255. The van der Waals surface area contributed by atoms with Gasteiger partial charge in [-0.15, -0.1) is 0 Å². The first-order valence-electron chi connectivity index (χ1n) is 6.52. The van der Waals surface area contributed by atoms with Crippen LogP contribution in [0.4, 0.5) is 5.69 Å². The van der Waals surface area contributed by atoms with Crippen LogP contribution in [0.1, 0.15) is 10.4 Å². The number of carboxylic acids is 1. The molecule has 0 amide bonds. The molecular formula is C14H9ClN3O5S-. The molecule has 10 heteroatoms. The van der Waals surface area contributed by atoms with E-state index >= 15 is 0 Å². The number of aromatic nitrogens is 2. The number of benzene rings is 2. The molecule has 0 atom stereocenters. The zero-order valence-corrected chi connectivity index (χ0v) is 13.4. The second-order valence-corrected chi connectivity index (χ2v) is 6.94. The molecule has 1 aromatic heterocycles. The van der Waals surface area contributed by atoms with Gasteiger partial charge in [0.25, 0.3) is 10.0 Å². The van der Waals surface area contributed by atoms with Crippen molar-refractivity contribution in [1.29, 1.82) is 0 Å². The fourth-order valence-electron chi connectivity index (χ4n) is 2.14. The molecule has 1 heterocycles. The zero-order chi connectivity index (χ0) is 17.5. The lowest BCUT2D eigenvalue weighted by Gasteiger charge is -2.11. The Balaban J connectivity index is 2.02. The number of carbonyl (C=O) groups is 1. The van der Waals surface area contributed by atoms with Gasteiger partial charge in [-0.25, -0.2) is 13.2 Å². The molecule has 0 radical (unpaired) electrons. The number of aromatic amines is 2. The van der Waals surface area contributed by atoms with E-state index < -0.39 is 26.6 Å². The number of carbonyl (C=O) groups excluding carboxylic acids is 1. The molecule has 8 nitrogen and oxygen atoms in total. The summed E-state index contributed by atoms with van der Waals surface area (Å²) in [6.07, 6.45) is 0. The van der Waals surface area contributed by atoms with Crippen LogP contribution in [0.15, 0.2) is 46.1 Å². The second-order valence-electron chi connectivity index (χ2n) is 4.88. The maximum atomic E-state index is 12.4. The number of imidazole rings is 1. The molecule has 0 bridgehead atoms. The van der Waals surface area contributed by atoms with Gasteiger partial charge < -0.3 is 19.9 Å². The maximum Gasteiger partial charge on any atom is 0.323 e. The Morgan fingerprint density at radius 3 is 2.50 bits per heavy atom. The normalized spacial score (nSPS) is 11.5. The average Bonchev–Trinajstić information content (AvgIpc) is 2.86. The van der Waals surface area contributed by atoms with Gasteiger partial charge in [0.05, 0.1) is 27.7 Å². The minimum atomic E-state index is -4.14. The van der Waals surface area contributed by atoms with Gasteiger partial charge >= 0.3 is 5.69 Å². The van der Waals surface area contributed by atoms with Crippen LogP contribution in [0.25, 0.3) is 11.0 Å². The summed E-state index contributed by atoms with van der Waals surface area (Å²) < 4.78 is 27.2. The Kier molecular flexibility index (Phi) is 3.82. The SMILES string of the molecule is O=C([O-])c1ccc(Cl)c(S(=O)(=O)Nc2ccc3[nH]c(=O)[nH]c3c2)c1. The summed E-state index contributed by atoms with van der Waals surface area (Å²) in [7, 11) is -4.14. The van der Waals surface area contributed by atoms with Crippen molar-refractivity contribution in [3.63, 3.8) is 0 Å². The summed E-state index contributed by atoms with van der Waals surface area (Å²) in [6, 6.07) is 7.60. The first-order chi connectivity index (χ1) is 11.3. The predicted octanol–water partition coefficient (Wildman–Crippen LogP) is 0.674. The van der Waals surface area contributed by atoms with Gasteiger partial charge in [0.15, 0.2) is 0 Å². The Hall–Kier alpha value is -2.78. The third-order valence-electron chi connectivity index (χ3n) is 3.22. The van der Waals surface area contributed by atoms with Crippen molar-refractivity contribution in [3.8, 4) is 0 Å². The van der Waals surface area contributed by atoms with Crippen LogP contribution in [0, 0.1) is 0 Å². The van der Waals surface area contributed by atoms with Crippen LogP contribution in [-0.2, 0) is 10.0 Å². The second kappa shape index (κ2) is 5.69. The topological polar surface area (TPSA) is 135 Å². The summed E-state index contributed by atoms with van der Waals surface area (Å²) in [5, 5.41) is 10.8. The molecular weight excluding hydrogens is 358 g/mol. The average molecular weight is 367 g/mol. The predicted molar refractivity (Wildman–Crippen MR) is 85.5 cm³/mol. The highest BCUT2D eigenvalue weighted by Crippen LogP contribution is 2.25. The summed E-state index contributed by atoms with van der Waals surface area (Å²) in [6.45, 7) is 0. The molecule has 0 aliphatic carbocycles. The number of rotatable bonds is 4. The molecule has 0 saturated heterocycles. The van der Waals surface area contributed by atoms with Gasteiger partial charge in [0, 0.05) is 0 Å². The van der Waals surface area contributed by atoms with Crippen LogP contribution in [0.2, 0.25) is 5.02 Å². The molecule has 0 aliphatic rings. The fraction of sp³-hybridized carbons (Fsp3) is 0. The van der Waals surface area contributed by atoms with E-state index in [-0.39, 0.29) is 16.3 Å². The highest BCUT2D eigenvalue weighted by molar-refractivity contribution is 7.92. The zero-order valence-electron chi connectivity index (χ0n) is 11.8. The molecule has 0 aliphatic heterocycles. The van der Waals surface area contributed by atoms with E-state index in [1.54, 1.807) is 0 Å². The van der Waals surface area contributed by atoms with Crippen LogP contribution in [0.5, 0.6) is 0 Å². The smallest absolute Gasteiger partial charge is 0.323 e. The Morgan fingerprint density at radius 2 is 1.79 bits per heavy atom. The molecule has 3 aromatic rings. The first-order valence-corrected chi connectivity index (χ1v) is 8.38. The van der Waals surface area contributed by atoms with Crippen molar-refractivity contribution in [1.82, 2.24) is 9.97 Å². The van der Waals surface area contributed by atoms with Crippen LogP contribution < -0.4 is 15.5 Å². The Labute approximate surface area is 140 Å². The summed E-state index contributed by atoms with van der Waals surface area (Å²) in [4.78, 5) is 26.8. The van der Waals surface area contributed by atoms with E-state index in [1.807, 2.05) is 0 Å². The Bertz CT molecular complexity index is 1120. The molecule has 0 unspecified atom stereocenters. The van der Waals surface area contributed by atoms with Crippen molar-refractivity contribution in [3.05, 3.63) is 57.5 Å². The monoisotopic (exact) mass is 366 g/mol. The van der Waals surface area contributed by atoms with Crippen molar-refractivity contribution in [2.75, 3.05) is 4.72 Å². The van der Waals surface area contributed by atoms with Gasteiger partial charge in [-0.05, 0) is 35.9 Å². The van der Waals surface area contributed by atoms with E-state index in [0.29, 0.717) is 11.0 Å². The van der Waals surface area contributed by atoms with E-state index in [0.717, 1.165) is 18.2 Å². The molecule has 24 heavy (non-hydrogen) atoms. The van der Waals surface area contributed by atoms with E-state index in [1.165, 1.54) is 18.2 Å². The van der Waals surface area contributed by atoms with Gasteiger partial charge in [0.1, 0.15) is 4.90 Å². The largest absolute Gasteiger partial charge is 0.545 e. The van der Waals surface area contributed by atoms with Gasteiger partial charge in [-0.2, -0.15) is 0 Å². The third kappa shape index (κ3) is 2.99. The Morgan fingerprint density at radius 1 is 1.08 bits per heavy atom. The number of hydrogen-bond acceptors (Lipinski definition) is 5. The van der Waals surface area contributed by atoms with Crippen molar-refractivity contribution in [2.24, 2.45) is 0 Å². The van der Waals surface area contributed by atoms with Crippen LogP contribution in [-0.4, -0.2) is 24.4 Å². The summed E-state index contributed by atoms with van der Waals surface area (Å²) >= 11 is 5.87. The number of H-pyrrole nitrogens is 2. The lowest BCUT2D eigenvalue weighted by atomic mass is 10.2. The van der Waals surface area contributed by atoms with Gasteiger partial charge in [-0.1, -0.05) is 17.7 Å². The van der Waals surface area contributed by atoms with Crippen LogP contribution >= 0.6 is 11.6 Å². The molecule has 2 aromatic carbocycles. The number of anilines is 1. The number of fused-ring (bicyclic) bond motifs is 1. The van der Waals surface area contributed by atoms with E-state index in [2.05, 4.69) is 14.7 Å². The minimum absolute atomic E-state index is 0.136. The van der Waals surface area contributed by atoms with E-state index in [9.17, 15) is 23.1 Å². The highest BCUT2D eigenvalue weighted by Gasteiger charge is 2.19. The van der Waals surface area contributed by atoms with Gasteiger partial charge in [-0.3, -0.25) is 4.72 Å². The van der Waals surface area contributed by atoms with Crippen molar-refractivity contribution >= 4 is 44.3 Å². The first kappa shape index (κ1) is 16.1. The molecule has 124 valence electrons. The number of aromatic carboxylic acids is 1. The summed E-state index contributed by atoms with van der Waals surface area (Å²) in [5.41, 5.74) is 0.363. The number of halogens is 1. The number of sulfonamides is 1. The van der Waals surface area contributed by atoms with Crippen molar-refractivity contribution in [2.45, 2.75) is 4.90 Å². The minimum Gasteiger partial charge on any atom is -0.545 e. The molecule has 0 fully saturated rings.